The Hall–Kier alpha value is -0.224. The highest BCUT2D eigenvalue weighted by molar-refractivity contribution is 6.17. The van der Waals surface area contributed by atoms with Crippen LogP contribution in [0.5, 0.6) is 0 Å². The molecule has 0 aliphatic heterocycles. The summed E-state index contributed by atoms with van der Waals surface area (Å²) in [5.41, 5.74) is 0. The van der Waals surface area contributed by atoms with Crippen LogP contribution in [0.2, 0.25) is 0 Å². The fraction of sp³-hybridized carbons (Fsp3) is 0.571. The van der Waals surface area contributed by atoms with E-state index in [2.05, 4.69) is 0 Å². The third-order valence-corrected chi connectivity index (χ3v) is 1.22. The second-order valence-electron chi connectivity index (χ2n) is 2.26. The Morgan fingerprint density at radius 1 is 0.818 bits per heavy atom. The molecule has 0 fully saturated rings. The summed E-state index contributed by atoms with van der Waals surface area (Å²) in [5, 5.41) is 0. The summed E-state index contributed by atoms with van der Waals surface area (Å²) in [6.45, 7) is 3.73. The topological polar surface area (TPSA) is 51.2 Å². The number of carbonyl (C=O) groups is 3. The smallest absolute Gasteiger partial charge is 0.299 e. The second kappa shape index (κ2) is 5.43. The van der Waals surface area contributed by atoms with Crippen LogP contribution in [0.4, 0.5) is 0 Å². The first-order valence-electron chi connectivity index (χ1n) is 2.98. The molecule has 0 saturated heterocycles. The average Bonchev–Trinajstić information content (AvgIpc) is 1.59. The maximum absolute atomic E-state index is 10.6. The first kappa shape index (κ1) is 13.4. The molecule has 0 bridgehead atoms. The number of Topliss-reactive ketones (excluding diaryl/α,β-unsaturated/α-hetero) is 3. The number of hydrogen-bond acceptors (Lipinski definition) is 3. The summed E-state index contributed by atoms with van der Waals surface area (Å²) in [6, 6.07) is 0. The molecule has 0 heterocycles. The van der Waals surface area contributed by atoms with Gasteiger partial charge >= 0.3 is 23.1 Å². The zero-order valence-electron chi connectivity index (χ0n) is 6.30. The van der Waals surface area contributed by atoms with Crippen LogP contribution in [0.25, 0.3) is 0 Å². The van der Waals surface area contributed by atoms with E-state index in [1.807, 2.05) is 0 Å². The van der Waals surface area contributed by atoms with Gasteiger partial charge in [-0.2, -0.15) is 0 Å². The number of carbonyl (C=O) groups excluding carboxylic acids is 3. The van der Waals surface area contributed by atoms with Gasteiger partial charge in [-0.25, -0.2) is 0 Å². The van der Waals surface area contributed by atoms with E-state index in [1.165, 1.54) is 20.8 Å². The minimum absolute atomic E-state index is 0. The van der Waals surface area contributed by atoms with Crippen LogP contribution in [-0.2, 0) is 14.4 Å². The molecule has 3 nitrogen and oxygen atoms in total. The molecule has 0 N–H and O–H groups in total. The van der Waals surface area contributed by atoms with Crippen molar-refractivity contribution in [1.29, 1.82) is 0 Å². The summed E-state index contributed by atoms with van der Waals surface area (Å²) in [4.78, 5) is 31.8. The van der Waals surface area contributed by atoms with Gasteiger partial charge in [-0.15, -0.1) is 0 Å². The summed E-state index contributed by atoms with van der Waals surface area (Å²) in [7, 11) is 0. The van der Waals surface area contributed by atoms with Gasteiger partial charge in [0.15, 0.2) is 0 Å². The van der Waals surface area contributed by atoms with Gasteiger partial charge in [0.05, 0.1) is 0 Å². The highest BCUT2D eigenvalue weighted by Crippen LogP contribution is 2.00. The van der Waals surface area contributed by atoms with Crippen molar-refractivity contribution in [2.75, 3.05) is 0 Å². The van der Waals surface area contributed by atoms with E-state index in [-0.39, 0.29) is 40.4 Å². The lowest BCUT2D eigenvalue weighted by Crippen LogP contribution is -2.26. The van der Waals surface area contributed by atoms with Crippen molar-refractivity contribution >= 4 is 40.4 Å². The molecular formula is C7H12MgO3. The lowest BCUT2D eigenvalue weighted by Gasteiger charge is -2.02. The molecule has 0 aliphatic carbocycles. The molecule has 0 radical (unpaired) electrons. The van der Waals surface area contributed by atoms with Crippen molar-refractivity contribution in [2.45, 2.75) is 20.8 Å². The van der Waals surface area contributed by atoms with E-state index in [9.17, 15) is 14.4 Å². The Bertz CT molecular complexity index is 153. The quantitative estimate of drug-likeness (QED) is 0.420. The van der Waals surface area contributed by atoms with E-state index in [4.69, 9.17) is 0 Å². The first-order chi connectivity index (χ1) is 4.46. The molecule has 0 aliphatic rings. The van der Waals surface area contributed by atoms with Gasteiger partial charge in [0.2, 0.25) is 0 Å². The highest BCUT2D eigenvalue weighted by atomic mass is 24.3. The third-order valence-electron chi connectivity index (χ3n) is 1.22. The first-order valence-corrected chi connectivity index (χ1v) is 2.98. The van der Waals surface area contributed by atoms with Crippen molar-refractivity contribution < 1.29 is 14.4 Å². The predicted octanol–water partition coefficient (Wildman–Crippen LogP) is -0.547. The molecular weight excluding hydrogens is 156 g/mol. The van der Waals surface area contributed by atoms with E-state index >= 15 is 0 Å². The Balaban J connectivity index is 0. The van der Waals surface area contributed by atoms with Crippen molar-refractivity contribution in [3.05, 3.63) is 0 Å². The molecule has 11 heavy (non-hydrogen) atoms. The van der Waals surface area contributed by atoms with Gasteiger partial charge in [-0.3, -0.25) is 14.4 Å². The fourth-order valence-corrected chi connectivity index (χ4v) is 0.859. The van der Waals surface area contributed by atoms with Crippen LogP contribution in [0.1, 0.15) is 20.8 Å². The van der Waals surface area contributed by atoms with Crippen molar-refractivity contribution in [2.24, 2.45) is 5.92 Å². The molecule has 60 valence electrons. The van der Waals surface area contributed by atoms with Gasteiger partial charge in [-0.05, 0) is 20.8 Å². The maximum Gasteiger partial charge on any atom is 0.316 e. The van der Waals surface area contributed by atoms with E-state index < -0.39 is 5.92 Å². The zero-order valence-corrected chi connectivity index (χ0v) is 6.30. The number of hydrogen-bond donors (Lipinski definition) is 0. The van der Waals surface area contributed by atoms with Crippen LogP contribution in [0.15, 0.2) is 0 Å². The van der Waals surface area contributed by atoms with Crippen LogP contribution >= 0.6 is 0 Å². The predicted molar refractivity (Wildman–Crippen MR) is 44.1 cm³/mol. The standard InChI is InChI=1S/C7H10O3.Mg.2H/c1-4(8)7(5(2)9)6(3)10;;;/h7H,1-3H3;;;. The van der Waals surface area contributed by atoms with E-state index in [0.29, 0.717) is 0 Å². The molecule has 0 spiro atoms. The number of ketones is 3. The van der Waals surface area contributed by atoms with Crippen LogP contribution in [0, 0.1) is 5.92 Å². The van der Waals surface area contributed by atoms with E-state index in [0.717, 1.165) is 0 Å². The largest absolute Gasteiger partial charge is 0.316 e. The Morgan fingerprint density at radius 3 is 1.00 bits per heavy atom. The maximum atomic E-state index is 10.6. The van der Waals surface area contributed by atoms with Crippen molar-refractivity contribution in [3.8, 4) is 0 Å². The highest BCUT2D eigenvalue weighted by Gasteiger charge is 2.23. The number of rotatable bonds is 3. The second-order valence-corrected chi connectivity index (χ2v) is 2.26. The molecule has 0 aromatic carbocycles. The molecule has 4 heteroatoms. The molecule has 0 aromatic heterocycles. The summed E-state index contributed by atoms with van der Waals surface area (Å²) < 4.78 is 0. The molecule has 0 amide bonds. The van der Waals surface area contributed by atoms with Crippen LogP contribution in [-0.4, -0.2) is 40.4 Å². The normalized spacial score (nSPS) is 8.73. The summed E-state index contributed by atoms with van der Waals surface area (Å²) >= 11 is 0. The molecule has 0 atom stereocenters. The fourth-order valence-electron chi connectivity index (χ4n) is 0.859. The lowest BCUT2D eigenvalue weighted by atomic mass is 9.97. The Morgan fingerprint density at radius 2 is 1.00 bits per heavy atom. The van der Waals surface area contributed by atoms with Crippen molar-refractivity contribution in [3.63, 3.8) is 0 Å². The van der Waals surface area contributed by atoms with E-state index in [1.54, 1.807) is 0 Å². The van der Waals surface area contributed by atoms with Gasteiger partial charge in [0.1, 0.15) is 23.3 Å². The SMILES string of the molecule is CC(=O)C(C(C)=O)C(C)=O.[MgH2]. The lowest BCUT2D eigenvalue weighted by molar-refractivity contribution is -0.137. The molecule has 0 aromatic rings. The van der Waals surface area contributed by atoms with Gasteiger partial charge in [0, 0.05) is 0 Å². The van der Waals surface area contributed by atoms with Crippen LogP contribution < -0.4 is 0 Å². The Kier molecular flexibility index (Phi) is 6.60. The zero-order chi connectivity index (χ0) is 8.31. The minimum atomic E-state index is -1.03. The van der Waals surface area contributed by atoms with Crippen molar-refractivity contribution in [1.82, 2.24) is 0 Å². The molecule has 0 saturated carbocycles. The summed E-state index contributed by atoms with van der Waals surface area (Å²) in [5.74, 6) is -2.15. The van der Waals surface area contributed by atoms with Gasteiger partial charge in [-0.1, -0.05) is 0 Å². The summed E-state index contributed by atoms with van der Waals surface area (Å²) in [6.07, 6.45) is 0. The molecule has 0 rings (SSSR count). The monoisotopic (exact) mass is 168 g/mol. The van der Waals surface area contributed by atoms with Gasteiger partial charge < -0.3 is 0 Å². The third kappa shape index (κ3) is 4.26. The van der Waals surface area contributed by atoms with Crippen LogP contribution in [0.3, 0.4) is 0 Å². The minimum Gasteiger partial charge on any atom is -0.299 e. The Labute approximate surface area is 81.7 Å². The van der Waals surface area contributed by atoms with Gasteiger partial charge in [0.25, 0.3) is 0 Å². The average molecular weight is 168 g/mol. The molecule has 0 unspecified atom stereocenters.